The molecule has 5 heteroatoms. The van der Waals surface area contributed by atoms with Crippen LogP contribution in [0.15, 0.2) is 24.3 Å². The molecule has 2 rings (SSSR count). The average Bonchev–Trinajstić information content (AvgIpc) is 2.49. The van der Waals surface area contributed by atoms with Crippen LogP contribution in [0.2, 0.25) is 0 Å². The fraction of sp³-hybridized carbons (Fsp3) is 0.500. The fourth-order valence-corrected chi connectivity index (χ4v) is 2.38. The highest BCUT2D eigenvalue weighted by Gasteiger charge is 2.27. The minimum atomic E-state index is -0.426. The van der Waals surface area contributed by atoms with E-state index in [1.54, 1.807) is 17.0 Å². The van der Waals surface area contributed by atoms with Crippen molar-refractivity contribution in [2.45, 2.75) is 25.9 Å². The lowest BCUT2D eigenvalue weighted by atomic mass is 9.95. The standard InChI is InChI=1S/C16H20N2O3/c1-12-6-8-18(11-15(12)19)16(20)10-13-2-4-14(5-3-13)21-9-7-17/h2-5,12,15,19H,6,8-11H2,1H3. The lowest BCUT2D eigenvalue weighted by Gasteiger charge is -2.34. The van der Waals surface area contributed by atoms with E-state index < -0.39 is 6.10 Å². The van der Waals surface area contributed by atoms with Gasteiger partial charge in [0, 0.05) is 13.1 Å². The first-order valence-corrected chi connectivity index (χ1v) is 7.14. The number of hydrogen-bond donors (Lipinski definition) is 1. The summed E-state index contributed by atoms with van der Waals surface area (Å²) in [6.07, 6.45) is 0.734. The third kappa shape index (κ3) is 4.20. The smallest absolute Gasteiger partial charge is 0.227 e. The van der Waals surface area contributed by atoms with Crippen LogP contribution < -0.4 is 4.74 Å². The van der Waals surface area contributed by atoms with Gasteiger partial charge in [-0.25, -0.2) is 0 Å². The van der Waals surface area contributed by atoms with Gasteiger partial charge in [0.25, 0.3) is 0 Å². The van der Waals surface area contributed by atoms with Crippen molar-refractivity contribution in [2.75, 3.05) is 19.7 Å². The van der Waals surface area contributed by atoms with Crippen molar-refractivity contribution in [3.05, 3.63) is 29.8 Å². The van der Waals surface area contributed by atoms with E-state index in [1.807, 2.05) is 25.1 Å². The molecule has 1 aromatic rings. The predicted molar refractivity (Wildman–Crippen MR) is 77.6 cm³/mol. The van der Waals surface area contributed by atoms with Crippen molar-refractivity contribution < 1.29 is 14.6 Å². The first kappa shape index (κ1) is 15.3. The van der Waals surface area contributed by atoms with Gasteiger partial charge < -0.3 is 14.7 Å². The average molecular weight is 288 g/mol. The van der Waals surface area contributed by atoms with Crippen LogP contribution in [0.4, 0.5) is 0 Å². The van der Waals surface area contributed by atoms with Crippen molar-refractivity contribution in [3.8, 4) is 11.8 Å². The second-order valence-electron chi connectivity index (χ2n) is 5.44. The molecule has 5 nitrogen and oxygen atoms in total. The third-order valence-corrected chi connectivity index (χ3v) is 3.85. The molecule has 2 unspecified atom stereocenters. The van der Waals surface area contributed by atoms with Crippen LogP contribution in [0.5, 0.6) is 5.75 Å². The summed E-state index contributed by atoms with van der Waals surface area (Å²) in [5, 5.41) is 18.3. The number of carbonyl (C=O) groups is 1. The summed E-state index contributed by atoms with van der Waals surface area (Å²) in [6, 6.07) is 9.08. The number of likely N-dealkylation sites (tertiary alicyclic amines) is 1. The Labute approximate surface area is 124 Å². The molecule has 21 heavy (non-hydrogen) atoms. The summed E-state index contributed by atoms with van der Waals surface area (Å²) in [7, 11) is 0. The zero-order chi connectivity index (χ0) is 15.2. The van der Waals surface area contributed by atoms with Gasteiger partial charge in [-0.05, 0) is 30.0 Å². The molecule has 112 valence electrons. The van der Waals surface area contributed by atoms with Crippen molar-refractivity contribution in [1.29, 1.82) is 5.26 Å². The van der Waals surface area contributed by atoms with Crippen molar-refractivity contribution in [1.82, 2.24) is 4.90 Å². The summed E-state index contributed by atoms with van der Waals surface area (Å²) in [6.45, 7) is 3.15. The molecular formula is C16H20N2O3. The number of amides is 1. The molecule has 0 radical (unpaired) electrons. The van der Waals surface area contributed by atoms with Gasteiger partial charge in [0.1, 0.15) is 11.8 Å². The van der Waals surface area contributed by atoms with Gasteiger partial charge in [0.05, 0.1) is 12.5 Å². The Kier molecular flexibility index (Phi) is 5.18. The highest BCUT2D eigenvalue weighted by atomic mass is 16.5. The predicted octanol–water partition coefficient (Wildman–Crippen LogP) is 1.36. The van der Waals surface area contributed by atoms with E-state index in [0.29, 0.717) is 25.3 Å². The zero-order valence-corrected chi connectivity index (χ0v) is 12.2. The van der Waals surface area contributed by atoms with Crippen LogP contribution in [0.3, 0.4) is 0 Å². The summed E-state index contributed by atoms with van der Waals surface area (Å²) in [4.78, 5) is 13.9. The molecule has 1 aromatic carbocycles. The third-order valence-electron chi connectivity index (χ3n) is 3.85. The van der Waals surface area contributed by atoms with Gasteiger partial charge in [-0.15, -0.1) is 0 Å². The SMILES string of the molecule is CC1CCN(C(=O)Cc2ccc(OCC#N)cc2)CC1O. The van der Waals surface area contributed by atoms with Gasteiger partial charge in [-0.1, -0.05) is 19.1 Å². The molecule has 0 aromatic heterocycles. The van der Waals surface area contributed by atoms with E-state index in [0.717, 1.165) is 12.0 Å². The zero-order valence-electron chi connectivity index (χ0n) is 12.2. The number of rotatable bonds is 4. The van der Waals surface area contributed by atoms with Crippen LogP contribution in [0.25, 0.3) is 0 Å². The van der Waals surface area contributed by atoms with Gasteiger partial charge in [-0.3, -0.25) is 4.79 Å². The molecule has 1 fully saturated rings. The number of piperidine rings is 1. The summed E-state index contributed by atoms with van der Waals surface area (Å²) >= 11 is 0. The minimum absolute atomic E-state index is 0.0160. The Hall–Kier alpha value is -2.06. The summed E-state index contributed by atoms with van der Waals surface area (Å²) in [5.41, 5.74) is 0.900. The second kappa shape index (κ2) is 7.09. The summed E-state index contributed by atoms with van der Waals surface area (Å²) < 4.78 is 5.17. The number of carbonyl (C=O) groups excluding carboxylic acids is 1. The molecule has 2 atom stereocenters. The molecular weight excluding hydrogens is 268 g/mol. The molecule has 0 bridgehead atoms. The maximum absolute atomic E-state index is 12.2. The molecule has 1 N–H and O–H groups in total. The van der Waals surface area contributed by atoms with Crippen LogP contribution in [0, 0.1) is 17.2 Å². The van der Waals surface area contributed by atoms with Gasteiger partial charge in [0.15, 0.2) is 6.61 Å². The Morgan fingerprint density at radius 2 is 2.19 bits per heavy atom. The molecule has 1 aliphatic heterocycles. The quantitative estimate of drug-likeness (QED) is 0.908. The second-order valence-corrected chi connectivity index (χ2v) is 5.44. The Bertz CT molecular complexity index is 521. The normalized spacial score (nSPS) is 21.7. The summed E-state index contributed by atoms with van der Waals surface area (Å²) in [5.74, 6) is 0.909. The number of nitrogens with zero attached hydrogens (tertiary/aromatic N) is 2. The fourth-order valence-electron chi connectivity index (χ4n) is 2.38. The lowest BCUT2D eigenvalue weighted by Crippen LogP contribution is -2.46. The number of aliphatic hydroxyl groups excluding tert-OH is 1. The van der Waals surface area contributed by atoms with Crippen LogP contribution in [-0.2, 0) is 11.2 Å². The van der Waals surface area contributed by atoms with E-state index in [1.165, 1.54) is 0 Å². The first-order valence-electron chi connectivity index (χ1n) is 7.14. The molecule has 1 aliphatic rings. The van der Waals surface area contributed by atoms with E-state index in [9.17, 15) is 9.90 Å². The molecule has 0 spiro atoms. The lowest BCUT2D eigenvalue weighted by molar-refractivity contribution is -0.134. The molecule has 1 amide bonds. The number of ether oxygens (including phenoxy) is 1. The number of aliphatic hydroxyl groups is 1. The van der Waals surface area contributed by atoms with Crippen molar-refractivity contribution in [3.63, 3.8) is 0 Å². The molecule has 1 saturated heterocycles. The first-order chi connectivity index (χ1) is 10.1. The number of benzene rings is 1. The Balaban J connectivity index is 1.89. The van der Waals surface area contributed by atoms with Crippen molar-refractivity contribution >= 4 is 5.91 Å². The van der Waals surface area contributed by atoms with E-state index >= 15 is 0 Å². The van der Waals surface area contributed by atoms with Crippen LogP contribution >= 0.6 is 0 Å². The maximum atomic E-state index is 12.2. The highest BCUT2D eigenvalue weighted by molar-refractivity contribution is 5.79. The molecule has 1 heterocycles. The number of nitriles is 1. The maximum Gasteiger partial charge on any atom is 0.227 e. The number of hydrogen-bond acceptors (Lipinski definition) is 4. The van der Waals surface area contributed by atoms with Gasteiger partial charge in [0.2, 0.25) is 5.91 Å². The van der Waals surface area contributed by atoms with E-state index in [4.69, 9.17) is 10.00 Å². The van der Waals surface area contributed by atoms with E-state index in [-0.39, 0.29) is 18.4 Å². The molecule has 0 aliphatic carbocycles. The minimum Gasteiger partial charge on any atom is -0.479 e. The van der Waals surface area contributed by atoms with Gasteiger partial charge in [-0.2, -0.15) is 5.26 Å². The Morgan fingerprint density at radius 3 is 2.81 bits per heavy atom. The highest BCUT2D eigenvalue weighted by Crippen LogP contribution is 2.18. The van der Waals surface area contributed by atoms with Crippen molar-refractivity contribution in [2.24, 2.45) is 5.92 Å². The van der Waals surface area contributed by atoms with Crippen LogP contribution in [-0.4, -0.2) is 41.7 Å². The van der Waals surface area contributed by atoms with Gasteiger partial charge >= 0.3 is 0 Å². The molecule has 0 saturated carbocycles. The number of β-amino-alcohol motifs (C(OH)–C–C–N with tert-alkyl or cyclic N) is 1. The largest absolute Gasteiger partial charge is 0.479 e. The van der Waals surface area contributed by atoms with E-state index in [2.05, 4.69) is 0 Å². The monoisotopic (exact) mass is 288 g/mol. The van der Waals surface area contributed by atoms with Crippen LogP contribution in [0.1, 0.15) is 18.9 Å². The topological polar surface area (TPSA) is 73.6 Å². The Morgan fingerprint density at radius 1 is 1.48 bits per heavy atom.